The number of nitrogens with zero attached hydrogens (tertiary/aromatic N) is 1. The fraction of sp³-hybridized carbons (Fsp3) is 0.647. The Hall–Kier alpha value is -0.820. The first kappa shape index (κ1) is 13.6. The lowest BCUT2D eigenvalue weighted by Gasteiger charge is -2.49. The van der Waals surface area contributed by atoms with Gasteiger partial charge in [0.1, 0.15) is 0 Å². The van der Waals surface area contributed by atoms with Crippen molar-refractivity contribution in [1.29, 1.82) is 0 Å². The van der Waals surface area contributed by atoms with Gasteiger partial charge in [-0.25, -0.2) is 0 Å². The first-order chi connectivity index (χ1) is 8.75. The van der Waals surface area contributed by atoms with Gasteiger partial charge in [0.2, 0.25) is 0 Å². The van der Waals surface area contributed by atoms with Crippen LogP contribution >= 0.6 is 0 Å². The molecule has 1 fully saturated rings. The van der Waals surface area contributed by atoms with E-state index in [-0.39, 0.29) is 0 Å². The Labute approximate surface area is 112 Å². The Morgan fingerprint density at radius 2 is 1.78 bits per heavy atom. The van der Waals surface area contributed by atoms with Crippen molar-refractivity contribution >= 4 is 0 Å². The monoisotopic (exact) mass is 245 g/mol. The van der Waals surface area contributed by atoms with Gasteiger partial charge in [0.05, 0.1) is 0 Å². The molecule has 0 aliphatic carbocycles. The molecule has 18 heavy (non-hydrogen) atoms. The fourth-order valence-electron chi connectivity index (χ4n) is 3.73. The second-order valence-electron chi connectivity index (χ2n) is 5.61. The van der Waals surface area contributed by atoms with Crippen LogP contribution < -0.4 is 0 Å². The summed E-state index contributed by atoms with van der Waals surface area (Å²) in [6.45, 7) is 9.49. The van der Waals surface area contributed by atoms with E-state index in [1.807, 2.05) is 0 Å². The summed E-state index contributed by atoms with van der Waals surface area (Å²) in [6.07, 6.45) is 5.21. The van der Waals surface area contributed by atoms with Crippen LogP contribution in [0.25, 0.3) is 0 Å². The number of rotatable bonds is 4. The summed E-state index contributed by atoms with van der Waals surface area (Å²) in [6, 6.07) is 11.1. The average Bonchev–Trinajstić information content (AvgIpc) is 2.47. The molecule has 100 valence electrons. The second-order valence-corrected chi connectivity index (χ2v) is 5.61. The van der Waals surface area contributed by atoms with E-state index in [2.05, 4.69) is 56.0 Å². The first-order valence-electron chi connectivity index (χ1n) is 7.55. The van der Waals surface area contributed by atoms with Crippen LogP contribution in [0.15, 0.2) is 30.3 Å². The molecule has 0 aromatic heterocycles. The van der Waals surface area contributed by atoms with Gasteiger partial charge in [0, 0.05) is 5.54 Å². The molecule has 1 saturated heterocycles. The lowest BCUT2D eigenvalue weighted by molar-refractivity contribution is 0.0336. The smallest absolute Gasteiger partial charge is 0.0210 e. The SMILES string of the molecule is CCN1CCC(c2ccccc2)CC1(CC)CC. The van der Waals surface area contributed by atoms with E-state index < -0.39 is 0 Å². The maximum atomic E-state index is 2.71. The molecule has 1 unspecified atom stereocenters. The van der Waals surface area contributed by atoms with E-state index >= 15 is 0 Å². The zero-order chi connectivity index (χ0) is 13.0. The van der Waals surface area contributed by atoms with Crippen LogP contribution in [-0.4, -0.2) is 23.5 Å². The van der Waals surface area contributed by atoms with E-state index in [1.54, 1.807) is 5.56 Å². The topological polar surface area (TPSA) is 3.24 Å². The van der Waals surface area contributed by atoms with Crippen LogP contribution in [0, 0.1) is 0 Å². The predicted octanol–water partition coefficient (Wildman–Crippen LogP) is 4.44. The van der Waals surface area contributed by atoms with Crippen LogP contribution in [0.4, 0.5) is 0 Å². The van der Waals surface area contributed by atoms with Gasteiger partial charge < -0.3 is 0 Å². The zero-order valence-corrected chi connectivity index (χ0v) is 12.2. The Bertz CT molecular complexity index is 353. The van der Waals surface area contributed by atoms with Gasteiger partial charge in [-0.2, -0.15) is 0 Å². The Morgan fingerprint density at radius 3 is 2.33 bits per heavy atom. The summed E-state index contributed by atoms with van der Waals surface area (Å²) in [4.78, 5) is 2.71. The summed E-state index contributed by atoms with van der Waals surface area (Å²) < 4.78 is 0. The largest absolute Gasteiger partial charge is 0.298 e. The van der Waals surface area contributed by atoms with Gasteiger partial charge in [-0.15, -0.1) is 0 Å². The lowest BCUT2D eigenvalue weighted by atomic mass is 9.74. The van der Waals surface area contributed by atoms with Crippen molar-refractivity contribution in [2.45, 2.75) is 57.9 Å². The average molecular weight is 245 g/mol. The molecule has 1 nitrogen and oxygen atoms in total. The first-order valence-corrected chi connectivity index (χ1v) is 7.55. The van der Waals surface area contributed by atoms with Crippen LogP contribution in [0.1, 0.15) is 57.9 Å². The highest BCUT2D eigenvalue weighted by molar-refractivity contribution is 5.21. The highest BCUT2D eigenvalue weighted by atomic mass is 15.2. The molecule has 1 heteroatoms. The zero-order valence-electron chi connectivity index (χ0n) is 12.2. The number of benzene rings is 1. The molecule has 0 amide bonds. The lowest BCUT2D eigenvalue weighted by Crippen LogP contribution is -2.52. The summed E-state index contributed by atoms with van der Waals surface area (Å²) in [5.41, 5.74) is 1.98. The molecule has 1 atom stereocenters. The molecule has 2 rings (SSSR count). The molecule has 1 aromatic rings. The van der Waals surface area contributed by atoms with Crippen molar-refractivity contribution in [3.63, 3.8) is 0 Å². The predicted molar refractivity (Wildman–Crippen MR) is 79.0 cm³/mol. The van der Waals surface area contributed by atoms with Gasteiger partial charge in [-0.05, 0) is 50.3 Å². The Balaban J connectivity index is 2.19. The maximum absolute atomic E-state index is 2.71. The van der Waals surface area contributed by atoms with Crippen molar-refractivity contribution in [2.75, 3.05) is 13.1 Å². The number of hydrogen-bond acceptors (Lipinski definition) is 1. The molecule has 0 bridgehead atoms. The molecule has 0 saturated carbocycles. The van der Waals surface area contributed by atoms with E-state index in [4.69, 9.17) is 0 Å². The molecule has 0 spiro atoms. The van der Waals surface area contributed by atoms with Crippen molar-refractivity contribution in [2.24, 2.45) is 0 Å². The summed E-state index contributed by atoms with van der Waals surface area (Å²) in [5, 5.41) is 0. The third-order valence-electron chi connectivity index (χ3n) is 5.01. The molecular weight excluding hydrogens is 218 g/mol. The van der Waals surface area contributed by atoms with Crippen molar-refractivity contribution in [3.8, 4) is 0 Å². The van der Waals surface area contributed by atoms with E-state index in [1.165, 1.54) is 38.8 Å². The van der Waals surface area contributed by atoms with Gasteiger partial charge in [0.25, 0.3) is 0 Å². The molecule has 0 radical (unpaired) electrons. The number of hydrogen-bond donors (Lipinski definition) is 0. The minimum absolute atomic E-state index is 0.438. The van der Waals surface area contributed by atoms with E-state index in [0.29, 0.717) is 5.54 Å². The fourth-order valence-corrected chi connectivity index (χ4v) is 3.73. The van der Waals surface area contributed by atoms with E-state index in [0.717, 1.165) is 5.92 Å². The molecule has 1 aliphatic rings. The second kappa shape index (κ2) is 5.88. The molecule has 1 heterocycles. The normalized spacial score (nSPS) is 24.1. The van der Waals surface area contributed by atoms with Gasteiger partial charge in [0.15, 0.2) is 0 Å². The minimum Gasteiger partial charge on any atom is -0.298 e. The summed E-state index contributed by atoms with van der Waals surface area (Å²) >= 11 is 0. The van der Waals surface area contributed by atoms with Crippen molar-refractivity contribution < 1.29 is 0 Å². The van der Waals surface area contributed by atoms with Crippen molar-refractivity contribution in [3.05, 3.63) is 35.9 Å². The van der Waals surface area contributed by atoms with Crippen LogP contribution in [-0.2, 0) is 0 Å². The standard InChI is InChI=1S/C17H27N/c1-4-17(5-2)14-16(12-13-18(17)6-3)15-10-8-7-9-11-15/h7-11,16H,4-6,12-14H2,1-3H3. The van der Waals surface area contributed by atoms with Crippen molar-refractivity contribution in [1.82, 2.24) is 4.90 Å². The quantitative estimate of drug-likeness (QED) is 0.758. The Kier molecular flexibility index (Phi) is 4.45. The minimum atomic E-state index is 0.438. The molecule has 0 N–H and O–H groups in total. The Morgan fingerprint density at radius 1 is 1.11 bits per heavy atom. The third-order valence-corrected chi connectivity index (χ3v) is 5.01. The highest BCUT2D eigenvalue weighted by Crippen LogP contribution is 2.41. The molecule has 1 aliphatic heterocycles. The van der Waals surface area contributed by atoms with Gasteiger partial charge in [-0.1, -0.05) is 51.1 Å². The highest BCUT2D eigenvalue weighted by Gasteiger charge is 2.38. The van der Waals surface area contributed by atoms with Crippen LogP contribution in [0.5, 0.6) is 0 Å². The number of piperidine rings is 1. The maximum Gasteiger partial charge on any atom is 0.0210 e. The molecular formula is C17H27N. The third kappa shape index (κ3) is 2.47. The molecule has 1 aromatic carbocycles. The van der Waals surface area contributed by atoms with Crippen LogP contribution in [0.3, 0.4) is 0 Å². The summed E-state index contributed by atoms with van der Waals surface area (Å²) in [7, 11) is 0. The van der Waals surface area contributed by atoms with Gasteiger partial charge in [-0.3, -0.25) is 4.90 Å². The summed E-state index contributed by atoms with van der Waals surface area (Å²) in [5.74, 6) is 0.758. The van der Waals surface area contributed by atoms with Crippen LogP contribution in [0.2, 0.25) is 0 Å². The van der Waals surface area contributed by atoms with E-state index in [9.17, 15) is 0 Å². The number of likely N-dealkylation sites (tertiary alicyclic amines) is 1. The van der Waals surface area contributed by atoms with Gasteiger partial charge >= 0.3 is 0 Å².